The van der Waals surface area contributed by atoms with Crippen molar-refractivity contribution in [1.82, 2.24) is 15.6 Å². The molecule has 1 atom stereocenters. The van der Waals surface area contributed by atoms with E-state index in [4.69, 9.17) is 4.42 Å². The highest BCUT2D eigenvalue weighted by atomic mass is 32.1. The first-order chi connectivity index (χ1) is 12.1. The zero-order chi connectivity index (χ0) is 17.6. The van der Waals surface area contributed by atoms with E-state index in [2.05, 4.69) is 20.9 Å². The summed E-state index contributed by atoms with van der Waals surface area (Å²) in [5.74, 6) is -0.591. The zero-order valence-corrected chi connectivity index (χ0v) is 14.4. The Morgan fingerprint density at radius 3 is 2.84 bits per heavy atom. The molecule has 7 nitrogen and oxygen atoms in total. The molecule has 0 aliphatic carbocycles. The summed E-state index contributed by atoms with van der Waals surface area (Å²) in [5.41, 5.74) is 1.34. The highest BCUT2D eigenvalue weighted by Crippen LogP contribution is 2.24. The van der Waals surface area contributed by atoms with Crippen LogP contribution in [-0.2, 0) is 4.79 Å². The van der Waals surface area contributed by atoms with Gasteiger partial charge in [-0.15, -0.1) is 0 Å². The Kier molecular flexibility index (Phi) is 5.30. The van der Waals surface area contributed by atoms with Crippen LogP contribution in [0.15, 0.2) is 47.3 Å². The molecule has 0 spiro atoms. The van der Waals surface area contributed by atoms with Crippen molar-refractivity contribution in [2.24, 2.45) is 0 Å². The summed E-state index contributed by atoms with van der Waals surface area (Å²) in [7, 11) is 0. The predicted octanol–water partition coefficient (Wildman–Crippen LogP) is 2.24. The lowest BCUT2D eigenvalue weighted by atomic mass is 10.2. The first-order valence-electron chi connectivity index (χ1n) is 7.83. The molecule has 0 saturated carbocycles. The van der Waals surface area contributed by atoms with Gasteiger partial charge in [0.2, 0.25) is 5.91 Å². The number of fused-ring (bicyclic) bond motifs is 1. The van der Waals surface area contributed by atoms with Gasteiger partial charge in [0.15, 0.2) is 5.13 Å². The van der Waals surface area contributed by atoms with Crippen LogP contribution in [0.2, 0.25) is 0 Å². The Morgan fingerprint density at radius 2 is 2.08 bits per heavy atom. The number of nitrogens with one attached hydrogen (secondary N) is 3. The second-order valence-corrected chi connectivity index (χ2v) is 6.44. The number of hydrogen-bond donors (Lipinski definition) is 3. The molecular formula is C17H18N4O3S. The predicted molar refractivity (Wildman–Crippen MR) is 96.8 cm³/mol. The maximum atomic E-state index is 12.0. The maximum absolute atomic E-state index is 12.0. The summed E-state index contributed by atoms with van der Waals surface area (Å²) in [6.45, 7) is 2.61. The molecule has 1 aromatic carbocycles. The van der Waals surface area contributed by atoms with E-state index in [1.807, 2.05) is 24.3 Å². The van der Waals surface area contributed by atoms with Crippen molar-refractivity contribution in [2.45, 2.75) is 13.0 Å². The molecule has 0 saturated heterocycles. The van der Waals surface area contributed by atoms with E-state index in [0.29, 0.717) is 18.7 Å². The molecule has 1 unspecified atom stereocenters. The first-order valence-corrected chi connectivity index (χ1v) is 8.65. The lowest BCUT2D eigenvalue weighted by Gasteiger charge is -2.13. The highest BCUT2D eigenvalue weighted by Gasteiger charge is 2.16. The van der Waals surface area contributed by atoms with Crippen LogP contribution in [0.1, 0.15) is 17.3 Å². The minimum Gasteiger partial charge on any atom is -0.472 e. The van der Waals surface area contributed by atoms with Crippen molar-refractivity contribution in [1.29, 1.82) is 0 Å². The van der Waals surface area contributed by atoms with Gasteiger partial charge in [-0.1, -0.05) is 23.5 Å². The summed E-state index contributed by atoms with van der Waals surface area (Å²) in [6, 6.07) is 8.81. The van der Waals surface area contributed by atoms with E-state index >= 15 is 0 Å². The minimum atomic E-state index is -0.634. The third-order valence-corrected chi connectivity index (χ3v) is 4.51. The van der Waals surface area contributed by atoms with Crippen molar-refractivity contribution >= 4 is 38.5 Å². The van der Waals surface area contributed by atoms with Gasteiger partial charge in [0.05, 0.1) is 22.0 Å². The average molecular weight is 358 g/mol. The van der Waals surface area contributed by atoms with Crippen LogP contribution in [-0.4, -0.2) is 35.9 Å². The highest BCUT2D eigenvalue weighted by molar-refractivity contribution is 7.22. The van der Waals surface area contributed by atoms with Gasteiger partial charge in [-0.2, -0.15) is 0 Å². The zero-order valence-electron chi connectivity index (χ0n) is 13.6. The van der Waals surface area contributed by atoms with E-state index in [-0.39, 0.29) is 11.8 Å². The molecule has 2 heterocycles. The molecule has 3 aromatic rings. The Morgan fingerprint density at radius 1 is 1.24 bits per heavy atom. The molecular weight excluding hydrogens is 340 g/mol. The molecule has 0 bridgehead atoms. The number of thiazole rings is 1. The largest absolute Gasteiger partial charge is 0.472 e. The summed E-state index contributed by atoms with van der Waals surface area (Å²) < 4.78 is 5.96. The van der Waals surface area contributed by atoms with Crippen molar-refractivity contribution in [3.8, 4) is 0 Å². The number of amides is 2. The summed E-state index contributed by atoms with van der Waals surface area (Å²) in [6.07, 6.45) is 2.75. The monoisotopic (exact) mass is 358 g/mol. The van der Waals surface area contributed by atoms with Gasteiger partial charge in [-0.05, 0) is 25.1 Å². The number of carbonyl (C=O) groups is 2. The van der Waals surface area contributed by atoms with Crippen molar-refractivity contribution < 1.29 is 14.0 Å². The maximum Gasteiger partial charge on any atom is 0.255 e. The van der Waals surface area contributed by atoms with Crippen LogP contribution >= 0.6 is 11.3 Å². The number of carbonyl (C=O) groups excluding carboxylic acids is 2. The molecule has 0 aliphatic rings. The fourth-order valence-corrected chi connectivity index (χ4v) is 3.09. The fraction of sp³-hybridized carbons (Fsp3) is 0.235. The summed E-state index contributed by atoms with van der Waals surface area (Å²) in [4.78, 5) is 28.3. The number of nitrogens with zero attached hydrogens (tertiary/aromatic N) is 1. The van der Waals surface area contributed by atoms with E-state index in [1.165, 1.54) is 12.5 Å². The molecule has 2 amide bonds. The van der Waals surface area contributed by atoms with Crippen molar-refractivity contribution in [3.05, 3.63) is 48.4 Å². The first kappa shape index (κ1) is 17.0. The smallest absolute Gasteiger partial charge is 0.255 e. The number of benzene rings is 1. The van der Waals surface area contributed by atoms with Gasteiger partial charge >= 0.3 is 0 Å². The third kappa shape index (κ3) is 4.36. The summed E-state index contributed by atoms with van der Waals surface area (Å²) >= 11 is 1.57. The van der Waals surface area contributed by atoms with E-state index in [0.717, 1.165) is 15.3 Å². The third-order valence-electron chi connectivity index (χ3n) is 3.52. The quantitative estimate of drug-likeness (QED) is 0.563. The fourth-order valence-electron chi connectivity index (χ4n) is 2.20. The standard InChI is InChI=1S/C17H18N4O3S/c1-11(20-16(23)12-6-9-24-10-12)15(22)18-7-8-19-17-21-13-4-2-3-5-14(13)25-17/h2-6,9-11H,7-8H2,1H3,(H,18,22)(H,19,21)(H,20,23). The van der Waals surface area contributed by atoms with Crippen LogP contribution in [0.3, 0.4) is 0 Å². The van der Waals surface area contributed by atoms with Gasteiger partial charge < -0.3 is 20.4 Å². The number of para-hydroxylation sites is 1. The number of anilines is 1. The van der Waals surface area contributed by atoms with Crippen LogP contribution in [0.25, 0.3) is 10.2 Å². The minimum absolute atomic E-state index is 0.247. The Balaban J connectivity index is 1.40. The molecule has 3 N–H and O–H groups in total. The molecule has 0 fully saturated rings. The van der Waals surface area contributed by atoms with Gasteiger partial charge in [-0.25, -0.2) is 4.98 Å². The lowest BCUT2D eigenvalue weighted by molar-refractivity contribution is -0.122. The van der Waals surface area contributed by atoms with Crippen molar-refractivity contribution in [3.63, 3.8) is 0 Å². The lowest BCUT2D eigenvalue weighted by Crippen LogP contribution is -2.45. The number of aromatic nitrogens is 1. The van der Waals surface area contributed by atoms with E-state index in [9.17, 15) is 9.59 Å². The Bertz CT molecular complexity index is 827. The van der Waals surface area contributed by atoms with Crippen LogP contribution in [0, 0.1) is 0 Å². The molecule has 2 aromatic heterocycles. The molecule has 3 rings (SSSR count). The Hall–Kier alpha value is -2.87. The molecule has 8 heteroatoms. The normalized spacial score (nSPS) is 11.9. The number of furan rings is 1. The molecule has 130 valence electrons. The van der Waals surface area contributed by atoms with Gasteiger partial charge in [0.25, 0.3) is 5.91 Å². The number of rotatable bonds is 7. The number of hydrogen-bond acceptors (Lipinski definition) is 6. The van der Waals surface area contributed by atoms with E-state index < -0.39 is 6.04 Å². The Labute approximate surface area is 148 Å². The SMILES string of the molecule is CC(NC(=O)c1ccoc1)C(=O)NCCNc1nc2ccccc2s1. The average Bonchev–Trinajstić information content (AvgIpc) is 3.27. The van der Waals surface area contributed by atoms with Gasteiger partial charge in [-0.3, -0.25) is 9.59 Å². The second-order valence-electron chi connectivity index (χ2n) is 5.41. The molecule has 0 aliphatic heterocycles. The van der Waals surface area contributed by atoms with Gasteiger partial charge in [0.1, 0.15) is 12.3 Å². The van der Waals surface area contributed by atoms with Crippen LogP contribution < -0.4 is 16.0 Å². The van der Waals surface area contributed by atoms with Crippen molar-refractivity contribution in [2.75, 3.05) is 18.4 Å². The van der Waals surface area contributed by atoms with Crippen LogP contribution in [0.4, 0.5) is 5.13 Å². The van der Waals surface area contributed by atoms with Gasteiger partial charge in [0, 0.05) is 13.1 Å². The molecule has 0 radical (unpaired) electrons. The summed E-state index contributed by atoms with van der Waals surface area (Å²) in [5, 5.41) is 9.39. The van der Waals surface area contributed by atoms with Crippen LogP contribution in [0.5, 0.6) is 0 Å². The van der Waals surface area contributed by atoms with E-state index in [1.54, 1.807) is 24.3 Å². The molecule has 25 heavy (non-hydrogen) atoms. The topological polar surface area (TPSA) is 96.3 Å². The second kappa shape index (κ2) is 7.80.